The molecule has 0 bridgehead atoms. The largest absolute Gasteiger partial charge is 0.494 e. The second kappa shape index (κ2) is 5.83. The Morgan fingerprint density at radius 3 is 2.36 bits per heavy atom. The number of nitrogens with zero attached hydrogens (tertiary/aromatic N) is 6. The number of aryl methyl sites for hydroxylation is 2. The fraction of sp³-hybridized carbons (Fsp3) is 0.167. The van der Waals surface area contributed by atoms with Crippen molar-refractivity contribution < 1.29 is 4.74 Å². The molecule has 4 aromatic rings. The van der Waals surface area contributed by atoms with Crippen molar-refractivity contribution in [1.29, 1.82) is 0 Å². The van der Waals surface area contributed by atoms with Crippen LogP contribution in [0.1, 0.15) is 11.1 Å². The van der Waals surface area contributed by atoms with Crippen LogP contribution in [0.2, 0.25) is 0 Å². The van der Waals surface area contributed by atoms with Gasteiger partial charge in [-0.05, 0) is 6.07 Å². The van der Waals surface area contributed by atoms with Crippen molar-refractivity contribution in [3.05, 3.63) is 54.4 Å². The van der Waals surface area contributed by atoms with E-state index >= 15 is 0 Å². The van der Waals surface area contributed by atoms with E-state index in [1.807, 2.05) is 44.9 Å². The summed E-state index contributed by atoms with van der Waals surface area (Å²) in [6.45, 7) is 0. The molecule has 0 spiro atoms. The van der Waals surface area contributed by atoms with Gasteiger partial charge >= 0.3 is 0 Å². The lowest BCUT2D eigenvalue weighted by molar-refractivity contribution is 0.417. The highest BCUT2D eigenvalue weighted by Crippen LogP contribution is 2.29. The molecular formula is C18H16N6O. The monoisotopic (exact) mass is 332 g/mol. The molecule has 124 valence electrons. The van der Waals surface area contributed by atoms with Gasteiger partial charge in [0.15, 0.2) is 0 Å². The molecule has 0 atom stereocenters. The van der Waals surface area contributed by atoms with Gasteiger partial charge in [0.2, 0.25) is 0 Å². The molecule has 4 aromatic heterocycles. The highest BCUT2D eigenvalue weighted by molar-refractivity contribution is 5.75. The van der Waals surface area contributed by atoms with E-state index in [9.17, 15) is 0 Å². The number of fused-ring (bicyclic) bond motifs is 1. The fourth-order valence-corrected chi connectivity index (χ4v) is 2.68. The number of methoxy groups -OCH3 is 1. The van der Waals surface area contributed by atoms with Gasteiger partial charge < -0.3 is 4.74 Å². The Bertz CT molecular complexity index is 1120. The molecule has 0 aliphatic rings. The SMILES string of the molecule is COc1cc(-c2cnn(C)c2)cn2ncc(C#Cc3cnn(C)c3)c12. The average Bonchev–Trinajstić information content (AvgIpc) is 3.32. The minimum atomic E-state index is 0.717. The molecule has 7 heteroatoms. The van der Waals surface area contributed by atoms with Crippen molar-refractivity contribution in [2.75, 3.05) is 7.11 Å². The number of hydrogen-bond donors (Lipinski definition) is 0. The molecule has 4 rings (SSSR count). The highest BCUT2D eigenvalue weighted by atomic mass is 16.5. The van der Waals surface area contributed by atoms with E-state index in [-0.39, 0.29) is 0 Å². The van der Waals surface area contributed by atoms with Gasteiger partial charge in [-0.2, -0.15) is 15.3 Å². The molecule has 7 nitrogen and oxygen atoms in total. The molecule has 4 heterocycles. The molecule has 0 amide bonds. The van der Waals surface area contributed by atoms with Crippen molar-refractivity contribution in [2.45, 2.75) is 0 Å². The van der Waals surface area contributed by atoms with Gasteiger partial charge in [0.05, 0.1) is 36.8 Å². The van der Waals surface area contributed by atoms with Crippen molar-refractivity contribution in [1.82, 2.24) is 29.2 Å². The second-order valence-corrected chi connectivity index (χ2v) is 5.70. The summed E-state index contributed by atoms with van der Waals surface area (Å²) in [5.74, 6) is 6.97. The number of aromatic nitrogens is 6. The predicted molar refractivity (Wildman–Crippen MR) is 93.1 cm³/mol. The van der Waals surface area contributed by atoms with Gasteiger partial charge in [0.1, 0.15) is 11.3 Å². The van der Waals surface area contributed by atoms with Crippen molar-refractivity contribution in [3.63, 3.8) is 0 Å². The number of hydrogen-bond acceptors (Lipinski definition) is 4. The molecule has 0 saturated heterocycles. The number of rotatable bonds is 2. The van der Waals surface area contributed by atoms with Gasteiger partial charge in [0.25, 0.3) is 0 Å². The van der Waals surface area contributed by atoms with Crippen LogP contribution >= 0.6 is 0 Å². The Kier molecular flexibility index (Phi) is 3.51. The molecule has 0 aliphatic carbocycles. The summed E-state index contributed by atoms with van der Waals surface area (Å²) < 4.78 is 10.9. The van der Waals surface area contributed by atoms with Crippen LogP contribution in [-0.4, -0.2) is 36.3 Å². The van der Waals surface area contributed by atoms with Crippen molar-refractivity contribution in [2.24, 2.45) is 14.1 Å². The van der Waals surface area contributed by atoms with Gasteiger partial charge in [-0.15, -0.1) is 0 Å². The Morgan fingerprint density at radius 2 is 1.68 bits per heavy atom. The van der Waals surface area contributed by atoms with E-state index < -0.39 is 0 Å². The lowest BCUT2D eigenvalue weighted by atomic mass is 10.1. The van der Waals surface area contributed by atoms with Crippen LogP contribution in [0.25, 0.3) is 16.6 Å². The van der Waals surface area contributed by atoms with E-state index in [0.29, 0.717) is 5.75 Å². The normalized spacial score (nSPS) is 10.7. The van der Waals surface area contributed by atoms with Crippen LogP contribution in [0, 0.1) is 11.8 Å². The average molecular weight is 332 g/mol. The molecule has 25 heavy (non-hydrogen) atoms. The van der Waals surface area contributed by atoms with Crippen LogP contribution in [0.5, 0.6) is 5.75 Å². The maximum absolute atomic E-state index is 5.58. The number of pyridine rings is 1. The van der Waals surface area contributed by atoms with Gasteiger partial charge in [-0.25, -0.2) is 4.52 Å². The molecule has 0 radical (unpaired) electrons. The molecule has 0 unspecified atom stereocenters. The topological polar surface area (TPSA) is 62.2 Å². The molecule has 0 aromatic carbocycles. The van der Waals surface area contributed by atoms with Crippen molar-refractivity contribution in [3.8, 4) is 28.7 Å². The zero-order valence-corrected chi connectivity index (χ0v) is 14.1. The summed E-state index contributed by atoms with van der Waals surface area (Å²) in [6, 6.07) is 1.98. The Hall–Kier alpha value is -3.53. The van der Waals surface area contributed by atoms with Gasteiger partial charge in [-0.3, -0.25) is 9.36 Å². The van der Waals surface area contributed by atoms with E-state index in [4.69, 9.17) is 4.74 Å². The third-order valence-corrected chi connectivity index (χ3v) is 3.88. The summed E-state index contributed by atoms with van der Waals surface area (Å²) in [5.41, 5.74) is 4.48. The predicted octanol–water partition coefficient (Wildman–Crippen LogP) is 1.88. The Balaban J connectivity index is 1.82. The fourth-order valence-electron chi connectivity index (χ4n) is 2.68. The smallest absolute Gasteiger partial charge is 0.146 e. The summed E-state index contributed by atoms with van der Waals surface area (Å²) in [4.78, 5) is 0. The minimum absolute atomic E-state index is 0.717. The highest BCUT2D eigenvalue weighted by Gasteiger charge is 2.12. The molecule has 0 aliphatic heterocycles. The summed E-state index contributed by atoms with van der Waals surface area (Å²) in [7, 11) is 5.40. The lowest BCUT2D eigenvalue weighted by Gasteiger charge is -2.06. The maximum atomic E-state index is 5.58. The number of ether oxygens (including phenoxy) is 1. The van der Waals surface area contributed by atoms with Crippen molar-refractivity contribution >= 4 is 5.52 Å². The van der Waals surface area contributed by atoms with E-state index in [2.05, 4.69) is 27.1 Å². The molecular weight excluding hydrogens is 316 g/mol. The summed E-state index contributed by atoms with van der Waals surface area (Å²) in [5, 5.41) is 12.8. The molecule has 0 saturated carbocycles. The van der Waals surface area contributed by atoms with E-state index in [0.717, 1.165) is 27.8 Å². The second-order valence-electron chi connectivity index (χ2n) is 5.70. The first-order chi connectivity index (χ1) is 12.1. The van der Waals surface area contributed by atoms with Crippen LogP contribution in [0.4, 0.5) is 0 Å². The van der Waals surface area contributed by atoms with Gasteiger partial charge in [-0.1, -0.05) is 11.8 Å². The van der Waals surface area contributed by atoms with Crippen LogP contribution in [-0.2, 0) is 14.1 Å². The third-order valence-electron chi connectivity index (χ3n) is 3.88. The first-order valence-electron chi connectivity index (χ1n) is 7.69. The zero-order chi connectivity index (χ0) is 17.4. The molecule has 0 N–H and O–H groups in total. The Morgan fingerprint density at radius 1 is 0.880 bits per heavy atom. The summed E-state index contributed by atoms with van der Waals surface area (Å²) in [6.07, 6.45) is 11.1. The lowest BCUT2D eigenvalue weighted by Crippen LogP contribution is -1.94. The van der Waals surface area contributed by atoms with Crippen LogP contribution < -0.4 is 4.74 Å². The van der Waals surface area contributed by atoms with E-state index in [1.165, 1.54) is 0 Å². The Labute approximate surface area is 144 Å². The third kappa shape index (κ3) is 2.74. The van der Waals surface area contributed by atoms with Gasteiger partial charge in [0, 0.05) is 43.8 Å². The first-order valence-corrected chi connectivity index (χ1v) is 7.69. The zero-order valence-electron chi connectivity index (χ0n) is 14.1. The van der Waals surface area contributed by atoms with Crippen LogP contribution in [0.3, 0.4) is 0 Å². The minimum Gasteiger partial charge on any atom is -0.494 e. The maximum Gasteiger partial charge on any atom is 0.146 e. The first kappa shape index (κ1) is 15.0. The molecule has 0 fully saturated rings. The standard InChI is InChI=1S/C18H16N6O/c1-22-10-13(7-19-22)4-5-14-8-21-24-12-15(6-17(25-3)18(14)24)16-9-20-23(2)11-16/h6-12H,1-3H3. The quantitative estimate of drug-likeness (QED) is 0.526. The summed E-state index contributed by atoms with van der Waals surface area (Å²) >= 11 is 0. The van der Waals surface area contributed by atoms with Crippen LogP contribution in [0.15, 0.2) is 43.2 Å². The van der Waals surface area contributed by atoms with E-state index in [1.54, 1.807) is 33.4 Å².